The Labute approximate surface area is 124 Å². The van der Waals surface area contributed by atoms with Crippen LogP contribution < -0.4 is 9.47 Å². The largest absolute Gasteiger partial charge is 0.493 e. The highest BCUT2D eigenvalue weighted by molar-refractivity contribution is 9.09. The Hall–Kier alpha value is -0.740. The van der Waals surface area contributed by atoms with Gasteiger partial charge >= 0.3 is 0 Å². The first kappa shape index (κ1) is 14.7. The summed E-state index contributed by atoms with van der Waals surface area (Å²) in [5.74, 6) is 1.61. The molecule has 1 unspecified atom stereocenters. The summed E-state index contributed by atoms with van der Waals surface area (Å²) in [6.07, 6.45) is 3.94. The number of rotatable bonds is 5. The first-order chi connectivity index (χ1) is 9.28. The second-order valence-corrected chi connectivity index (χ2v) is 5.61. The fraction of sp³-hybridized carbons (Fsp3) is 0.600. The number of ether oxygens (including phenoxy) is 2. The van der Waals surface area contributed by atoms with Crippen molar-refractivity contribution in [3.63, 3.8) is 0 Å². The molecule has 0 amide bonds. The molecule has 0 bridgehead atoms. The summed E-state index contributed by atoms with van der Waals surface area (Å²) >= 11 is 3.63. The third-order valence-corrected chi connectivity index (χ3v) is 4.51. The van der Waals surface area contributed by atoms with Crippen LogP contribution >= 0.6 is 15.9 Å². The predicted octanol–water partition coefficient (Wildman–Crippen LogP) is 3.45. The zero-order chi connectivity index (χ0) is 13.7. The van der Waals surface area contributed by atoms with Crippen molar-refractivity contribution in [2.75, 3.05) is 26.1 Å². The summed E-state index contributed by atoms with van der Waals surface area (Å²) in [6.45, 7) is 2.17. The van der Waals surface area contributed by atoms with Crippen molar-refractivity contribution in [2.45, 2.75) is 31.8 Å². The molecule has 19 heavy (non-hydrogen) atoms. The maximum atomic E-state index is 5.37. The number of halogens is 1. The van der Waals surface area contributed by atoms with Gasteiger partial charge in [0.25, 0.3) is 0 Å². The lowest BCUT2D eigenvalue weighted by Crippen LogP contribution is -2.39. The van der Waals surface area contributed by atoms with E-state index in [4.69, 9.17) is 9.47 Å². The summed E-state index contributed by atoms with van der Waals surface area (Å²) < 4.78 is 10.6. The Morgan fingerprint density at radius 2 is 2.00 bits per heavy atom. The van der Waals surface area contributed by atoms with Gasteiger partial charge in [0.15, 0.2) is 11.5 Å². The number of alkyl halides is 1. The van der Waals surface area contributed by atoms with Crippen LogP contribution in [0.3, 0.4) is 0 Å². The highest BCUT2D eigenvalue weighted by Gasteiger charge is 2.21. The van der Waals surface area contributed by atoms with Gasteiger partial charge in [-0.1, -0.05) is 28.4 Å². The van der Waals surface area contributed by atoms with E-state index >= 15 is 0 Å². The lowest BCUT2D eigenvalue weighted by atomic mass is 10.0. The Kier molecular flexibility index (Phi) is 5.52. The average molecular weight is 328 g/mol. The van der Waals surface area contributed by atoms with E-state index in [-0.39, 0.29) is 0 Å². The number of hydrogen-bond donors (Lipinski definition) is 0. The van der Waals surface area contributed by atoms with E-state index in [1.54, 1.807) is 14.2 Å². The molecule has 4 heteroatoms. The van der Waals surface area contributed by atoms with Crippen molar-refractivity contribution in [3.05, 3.63) is 23.8 Å². The van der Waals surface area contributed by atoms with Gasteiger partial charge in [-0.2, -0.15) is 0 Å². The summed E-state index contributed by atoms with van der Waals surface area (Å²) in [4.78, 5) is 2.56. The third kappa shape index (κ3) is 3.63. The van der Waals surface area contributed by atoms with Gasteiger partial charge in [-0.05, 0) is 37.1 Å². The summed E-state index contributed by atoms with van der Waals surface area (Å²) in [7, 11) is 3.35. The van der Waals surface area contributed by atoms with Gasteiger partial charge < -0.3 is 9.47 Å². The molecule has 3 nitrogen and oxygen atoms in total. The highest BCUT2D eigenvalue weighted by atomic mass is 79.9. The van der Waals surface area contributed by atoms with Crippen LogP contribution in [0.2, 0.25) is 0 Å². The standard InChI is InChI=1S/C15H22BrNO2/c1-18-14-7-6-12(9-15(14)19-2)11-17-8-4-3-5-13(17)10-16/h6-7,9,13H,3-5,8,10-11H2,1-2H3. The molecule has 0 aliphatic carbocycles. The number of hydrogen-bond acceptors (Lipinski definition) is 3. The molecular formula is C15H22BrNO2. The van der Waals surface area contributed by atoms with Crippen LogP contribution in [0.5, 0.6) is 11.5 Å². The van der Waals surface area contributed by atoms with Crippen molar-refractivity contribution < 1.29 is 9.47 Å². The van der Waals surface area contributed by atoms with Crippen LogP contribution in [0.25, 0.3) is 0 Å². The van der Waals surface area contributed by atoms with Crippen molar-refractivity contribution in [1.82, 2.24) is 4.90 Å². The van der Waals surface area contributed by atoms with Crippen molar-refractivity contribution in [3.8, 4) is 11.5 Å². The second kappa shape index (κ2) is 7.15. The van der Waals surface area contributed by atoms with Gasteiger partial charge in [0.2, 0.25) is 0 Å². The molecule has 1 saturated heterocycles. The van der Waals surface area contributed by atoms with Crippen LogP contribution in [-0.4, -0.2) is 37.0 Å². The molecule has 2 rings (SSSR count). The fourth-order valence-electron chi connectivity index (χ4n) is 2.66. The number of likely N-dealkylation sites (tertiary alicyclic amines) is 1. The quantitative estimate of drug-likeness (QED) is 0.773. The molecule has 1 aliphatic rings. The van der Waals surface area contributed by atoms with E-state index in [1.165, 1.54) is 31.4 Å². The van der Waals surface area contributed by atoms with Gasteiger partial charge in [-0.25, -0.2) is 0 Å². The molecule has 1 atom stereocenters. The number of nitrogens with zero attached hydrogens (tertiary/aromatic N) is 1. The lowest BCUT2D eigenvalue weighted by Gasteiger charge is -2.34. The van der Waals surface area contributed by atoms with Crippen molar-refractivity contribution >= 4 is 15.9 Å². The predicted molar refractivity (Wildman–Crippen MR) is 81.4 cm³/mol. The van der Waals surface area contributed by atoms with E-state index < -0.39 is 0 Å². The Balaban J connectivity index is 2.09. The first-order valence-corrected chi connectivity index (χ1v) is 7.91. The Morgan fingerprint density at radius 1 is 1.21 bits per heavy atom. The molecule has 1 aromatic carbocycles. The molecule has 1 aromatic rings. The highest BCUT2D eigenvalue weighted by Crippen LogP contribution is 2.29. The van der Waals surface area contributed by atoms with E-state index in [0.29, 0.717) is 6.04 Å². The van der Waals surface area contributed by atoms with Crippen LogP contribution in [0.1, 0.15) is 24.8 Å². The van der Waals surface area contributed by atoms with Gasteiger partial charge in [0, 0.05) is 17.9 Å². The van der Waals surface area contributed by atoms with Crippen LogP contribution in [0.15, 0.2) is 18.2 Å². The first-order valence-electron chi connectivity index (χ1n) is 6.79. The molecule has 0 aromatic heterocycles. The summed E-state index contributed by atoms with van der Waals surface area (Å²) in [6, 6.07) is 6.85. The van der Waals surface area contributed by atoms with Crippen LogP contribution in [0, 0.1) is 0 Å². The zero-order valence-electron chi connectivity index (χ0n) is 11.7. The molecule has 0 saturated carbocycles. The van der Waals surface area contributed by atoms with E-state index in [9.17, 15) is 0 Å². The van der Waals surface area contributed by atoms with Crippen molar-refractivity contribution in [2.24, 2.45) is 0 Å². The molecular weight excluding hydrogens is 306 g/mol. The van der Waals surface area contributed by atoms with Gasteiger partial charge in [0.05, 0.1) is 14.2 Å². The van der Waals surface area contributed by atoms with Gasteiger partial charge in [0.1, 0.15) is 0 Å². The summed E-state index contributed by atoms with van der Waals surface area (Å²) in [5, 5.41) is 1.06. The molecule has 0 radical (unpaired) electrons. The smallest absolute Gasteiger partial charge is 0.161 e. The maximum Gasteiger partial charge on any atom is 0.161 e. The normalized spacial score (nSPS) is 20.3. The van der Waals surface area contributed by atoms with E-state index in [0.717, 1.165) is 23.4 Å². The minimum absolute atomic E-state index is 0.654. The monoisotopic (exact) mass is 327 g/mol. The second-order valence-electron chi connectivity index (χ2n) is 4.96. The van der Waals surface area contributed by atoms with Crippen LogP contribution in [0.4, 0.5) is 0 Å². The zero-order valence-corrected chi connectivity index (χ0v) is 13.3. The molecule has 0 N–H and O–H groups in total. The maximum absolute atomic E-state index is 5.37. The number of piperidine rings is 1. The Morgan fingerprint density at radius 3 is 2.68 bits per heavy atom. The average Bonchev–Trinajstić information content (AvgIpc) is 2.47. The van der Waals surface area contributed by atoms with E-state index in [2.05, 4.69) is 33.0 Å². The molecule has 1 heterocycles. The van der Waals surface area contributed by atoms with Gasteiger partial charge in [-0.15, -0.1) is 0 Å². The topological polar surface area (TPSA) is 21.7 Å². The Bertz CT molecular complexity index is 411. The number of methoxy groups -OCH3 is 2. The molecule has 0 spiro atoms. The molecule has 106 valence electrons. The number of benzene rings is 1. The fourth-order valence-corrected chi connectivity index (χ4v) is 3.39. The third-order valence-electron chi connectivity index (χ3n) is 3.76. The minimum Gasteiger partial charge on any atom is -0.493 e. The molecule has 1 fully saturated rings. The SMILES string of the molecule is COc1ccc(CN2CCCCC2CBr)cc1OC. The lowest BCUT2D eigenvalue weighted by molar-refractivity contribution is 0.156. The van der Waals surface area contributed by atoms with E-state index in [1.807, 2.05) is 6.07 Å². The minimum atomic E-state index is 0.654. The molecule has 1 aliphatic heterocycles. The van der Waals surface area contributed by atoms with Crippen molar-refractivity contribution in [1.29, 1.82) is 0 Å². The van der Waals surface area contributed by atoms with Gasteiger partial charge in [-0.3, -0.25) is 4.90 Å². The van der Waals surface area contributed by atoms with Crippen LogP contribution in [-0.2, 0) is 6.54 Å². The summed E-state index contributed by atoms with van der Waals surface area (Å²) in [5.41, 5.74) is 1.28.